The van der Waals surface area contributed by atoms with E-state index in [1.807, 2.05) is 0 Å². The summed E-state index contributed by atoms with van der Waals surface area (Å²) in [5.74, 6) is 0.301. The number of nitrogens with zero attached hydrogens (tertiary/aromatic N) is 2. The summed E-state index contributed by atoms with van der Waals surface area (Å²) in [6.07, 6.45) is 0. The van der Waals surface area contributed by atoms with Crippen molar-refractivity contribution in [3.05, 3.63) is 47.2 Å². The number of hydrogen-bond donors (Lipinski definition) is 0. The van der Waals surface area contributed by atoms with Crippen molar-refractivity contribution in [3.63, 3.8) is 0 Å². The molecule has 11 heteroatoms. The normalized spacial score (nSPS) is 15.0. The van der Waals surface area contributed by atoms with Crippen LogP contribution in [0.25, 0.3) is 0 Å². The number of amides is 1. The van der Waals surface area contributed by atoms with Gasteiger partial charge in [-0.2, -0.15) is 4.31 Å². The summed E-state index contributed by atoms with van der Waals surface area (Å²) in [4.78, 5) is 14.9. The Hall–Kier alpha value is -2.01. The van der Waals surface area contributed by atoms with E-state index in [2.05, 4.69) is 0 Å². The lowest BCUT2D eigenvalue weighted by atomic mass is 10.3. The van der Waals surface area contributed by atoms with Crippen molar-refractivity contribution in [2.24, 2.45) is 0 Å². The third kappa shape index (κ3) is 5.43. The van der Waals surface area contributed by atoms with Crippen molar-refractivity contribution < 1.29 is 27.1 Å². The molecule has 2 aromatic carbocycles. The van der Waals surface area contributed by atoms with Crippen molar-refractivity contribution in [1.82, 2.24) is 9.21 Å². The van der Waals surface area contributed by atoms with Crippen LogP contribution in [0, 0.1) is 5.82 Å². The highest BCUT2D eigenvalue weighted by atomic mass is 35.5. The van der Waals surface area contributed by atoms with E-state index in [1.165, 1.54) is 54.6 Å². The topological polar surface area (TPSA) is 76.2 Å². The Kier molecular flexibility index (Phi) is 7.68. The van der Waals surface area contributed by atoms with E-state index in [4.69, 9.17) is 21.1 Å². The predicted molar refractivity (Wildman–Crippen MR) is 117 cm³/mol. The molecular formula is C20H22ClFN2O5S2. The minimum Gasteiger partial charge on any atom is -0.493 e. The number of sulfonamides is 1. The van der Waals surface area contributed by atoms with Gasteiger partial charge in [0.2, 0.25) is 15.9 Å². The number of benzene rings is 2. The second-order valence-electron chi connectivity index (χ2n) is 6.67. The molecular weight excluding hydrogens is 467 g/mol. The van der Waals surface area contributed by atoms with Crippen molar-refractivity contribution >= 4 is 39.3 Å². The summed E-state index contributed by atoms with van der Waals surface area (Å²) >= 11 is 7.02. The maximum Gasteiger partial charge on any atom is 0.243 e. The second kappa shape index (κ2) is 10.1. The quantitative estimate of drug-likeness (QED) is 0.557. The fourth-order valence-electron chi connectivity index (χ4n) is 3.11. The van der Waals surface area contributed by atoms with Gasteiger partial charge in [-0.3, -0.25) is 4.79 Å². The van der Waals surface area contributed by atoms with Gasteiger partial charge in [0.1, 0.15) is 5.82 Å². The monoisotopic (exact) mass is 488 g/mol. The first-order chi connectivity index (χ1) is 14.8. The average Bonchev–Trinajstić information content (AvgIpc) is 2.79. The highest BCUT2D eigenvalue weighted by molar-refractivity contribution is 8.00. The number of piperazine rings is 1. The molecule has 1 fully saturated rings. The number of halogens is 2. The van der Waals surface area contributed by atoms with Crippen molar-refractivity contribution in [1.29, 1.82) is 0 Å². The van der Waals surface area contributed by atoms with E-state index in [1.54, 1.807) is 17.0 Å². The summed E-state index contributed by atoms with van der Waals surface area (Å²) in [6, 6.07) is 8.74. The SMILES string of the molecule is COc1ccc(S(=O)(=O)N2CCN(C(=O)CSc3ccc(F)c(Cl)c3)CC2)cc1OC. The highest BCUT2D eigenvalue weighted by Crippen LogP contribution is 2.31. The predicted octanol–water partition coefficient (Wildman–Crippen LogP) is 3.12. The molecule has 1 amide bonds. The Labute approximate surface area is 190 Å². The molecule has 0 unspecified atom stereocenters. The van der Waals surface area contributed by atoms with Crippen LogP contribution in [0.3, 0.4) is 0 Å². The number of rotatable bonds is 7. The highest BCUT2D eigenvalue weighted by Gasteiger charge is 2.30. The number of carbonyl (C=O) groups is 1. The minimum atomic E-state index is -3.73. The molecule has 168 valence electrons. The summed E-state index contributed by atoms with van der Waals surface area (Å²) in [6.45, 7) is 0.955. The van der Waals surface area contributed by atoms with E-state index < -0.39 is 15.8 Å². The van der Waals surface area contributed by atoms with Gasteiger partial charge in [0.05, 0.1) is 29.9 Å². The summed E-state index contributed by atoms with van der Waals surface area (Å²) in [5, 5.41) is 0.00596. The van der Waals surface area contributed by atoms with E-state index in [0.717, 1.165) is 0 Å². The maximum atomic E-state index is 13.2. The van der Waals surface area contributed by atoms with Crippen LogP contribution in [0.15, 0.2) is 46.2 Å². The van der Waals surface area contributed by atoms with Crippen molar-refractivity contribution in [2.45, 2.75) is 9.79 Å². The van der Waals surface area contributed by atoms with Crippen LogP contribution in [-0.4, -0.2) is 69.7 Å². The van der Waals surface area contributed by atoms with Gasteiger partial charge in [-0.1, -0.05) is 11.6 Å². The van der Waals surface area contributed by atoms with E-state index in [0.29, 0.717) is 16.4 Å². The molecule has 0 radical (unpaired) electrons. The van der Waals surface area contributed by atoms with Gasteiger partial charge in [-0.25, -0.2) is 12.8 Å². The largest absolute Gasteiger partial charge is 0.493 e. The third-order valence-corrected chi connectivity index (χ3v) is 8.00. The second-order valence-corrected chi connectivity index (χ2v) is 10.1. The average molecular weight is 489 g/mol. The molecule has 2 aromatic rings. The van der Waals surface area contributed by atoms with Crippen LogP contribution in [-0.2, 0) is 14.8 Å². The molecule has 1 aliphatic rings. The third-order valence-electron chi connectivity index (χ3n) is 4.84. The van der Waals surface area contributed by atoms with Crippen LogP contribution in [0.2, 0.25) is 5.02 Å². The molecule has 0 bridgehead atoms. The lowest BCUT2D eigenvalue weighted by Gasteiger charge is -2.34. The molecule has 0 atom stereocenters. The van der Waals surface area contributed by atoms with Crippen LogP contribution in [0.5, 0.6) is 11.5 Å². The summed E-state index contributed by atoms with van der Waals surface area (Å²) in [5.41, 5.74) is 0. The number of ether oxygens (including phenoxy) is 2. The zero-order valence-corrected chi connectivity index (χ0v) is 19.4. The minimum absolute atomic E-state index is 0.00596. The Bertz CT molecular complexity index is 1060. The molecule has 0 spiro atoms. The van der Waals surface area contributed by atoms with Gasteiger partial charge in [0, 0.05) is 37.1 Å². The molecule has 1 heterocycles. The number of hydrogen-bond acceptors (Lipinski definition) is 6. The first kappa shape index (κ1) is 23.6. The van der Waals surface area contributed by atoms with Crippen LogP contribution < -0.4 is 9.47 Å². The van der Waals surface area contributed by atoms with E-state index in [-0.39, 0.29) is 47.8 Å². The lowest BCUT2D eigenvalue weighted by Crippen LogP contribution is -2.50. The number of thioether (sulfide) groups is 1. The summed E-state index contributed by atoms with van der Waals surface area (Å²) in [7, 11) is -0.810. The Morgan fingerprint density at radius 2 is 1.74 bits per heavy atom. The fourth-order valence-corrected chi connectivity index (χ4v) is 5.63. The van der Waals surface area contributed by atoms with Gasteiger partial charge in [0.15, 0.2) is 11.5 Å². The Balaban J connectivity index is 1.59. The van der Waals surface area contributed by atoms with E-state index >= 15 is 0 Å². The molecule has 31 heavy (non-hydrogen) atoms. The first-order valence-electron chi connectivity index (χ1n) is 9.34. The molecule has 0 saturated carbocycles. The zero-order chi connectivity index (χ0) is 22.6. The molecule has 0 N–H and O–H groups in total. The molecule has 0 aromatic heterocycles. The van der Waals surface area contributed by atoms with Gasteiger partial charge >= 0.3 is 0 Å². The van der Waals surface area contributed by atoms with Crippen molar-refractivity contribution in [3.8, 4) is 11.5 Å². The smallest absolute Gasteiger partial charge is 0.243 e. The standard InChI is InChI=1S/C20H22ClFN2O5S2/c1-28-18-6-4-15(12-19(18)29-2)31(26,27)24-9-7-23(8-10-24)20(25)13-30-14-3-5-17(22)16(21)11-14/h3-6,11-12H,7-10,13H2,1-2H3. The molecule has 7 nitrogen and oxygen atoms in total. The zero-order valence-electron chi connectivity index (χ0n) is 17.0. The van der Waals surface area contributed by atoms with Crippen LogP contribution in [0.1, 0.15) is 0 Å². The van der Waals surface area contributed by atoms with Gasteiger partial charge < -0.3 is 14.4 Å². The molecule has 3 rings (SSSR count). The van der Waals surface area contributed by atoms with Gasteiger partial charge in [-0.05, 0) is 30.3 Å². The van der Waals surface area contributed by atoms with Gasteiger partial charge in [0.25, 0.3) is 0 Å². The molecule has 0 aliphatic carbocycles. The number of carbonyl (C=O) groups excluding carboxylic acids is 1. The Morgan fingerprint density at radius 3 is 2.35 bits per heavy atom. The first-order valence-corrected chi connectivity index (χ1v) is 12.1. The molecule has 1 saturated heterocycles. The Morgan fingerprint density at radius 1 is 1.06 bits per heavy atom. The molecule has 1 aliphatic heterocycles. The number of methoxy groups -OCH3 is 2. The van der Waals surface area contributed by atoms with Gasteiger partial charge in [-0.15, -0.1) is 11.8 Å². The lowest BCUT2D eigenvalue weighted by molar-refractivity contribution is -0.129. The van der Waals surface area contributed by atoms with Crippen LogP contribution >= 0.6 is 23.4 Å². The van der Waals surface area contributed by atoms with E-state index in [9.17, 15) is 17.6 Å². The fraction of sp³-hybridized carbons (Fsp3) is 0.350. The van der Waals surface area contributed by atoms with Crippen molar-refractivity contribution in [2.75, 3.05) is 46.2 Å². The van der Waals surface area contributed by atoms with Crippen LogP contribution in [0.4, 0.5) is 4.39 Å². The summed E-state index contributed by atoms with van der Waals surface area (Å²) < 4.78 is 50.9. The maximum absolute atomic E-state index is 13.2.